The van der Waals surface area contributed by atoms with Crippen molar-refractivity contribution in [3.63, 3.8) is 0 Å². The Bertz CT molecular complexity index is 660. The van der Waals surface area contributed by atoms with E-state index in [1.807, 2.05) is 26.1 Å². The number of aromatic nitrogens is 1. The van der Waals surface area contributed by atoms with Gasteiger partial charge in [0.2, 0.25) is 0 Å². The molecule has 2 rings (SSSR count). The summed E-state index contributed by atoms with van der Waals surface area (Å²) in [5, 5.41) is 7.64. The van der Waals surface area contributed by atoms with Gasteiger partial charge in [-0.25, -0.2) is 4.39 Å². The summed E-state index contributed by atoms with van der Waals surface area (Å²) in [4.78, 5) is 7.65. The van der Waals surface area contributed by atoms with Crippen molar-refractivity contribution in [2.45, 2.75) is 26.7 Å². The van der Waals surface area contributed by atoms with E-state index < -0.39 is 0 Å². The molecule has 0 spiro atoms. The molecule has 7 heteroatoms. The van der Waals surface area contributed by atoms with Crippen LogP contribution in [0.5, 0.6) is 0 Å². The first kappa shape index (κ1) is 21.7. The molecule has 0 radical (unpaired) electrons. The minimum Gasteiger partial charge on any atom is -0.382 e. The predicted molar refractivity (Wildman–Crippen MR) is 112 cm³/mol. The Balaban J connectivity index is 0.00000312. The minimum atomic E-state index is -0.220. The Kier molecular flexibility index (Phi) is 10.5. The molecule has 140 valence electrons. The topological polar surface area (TPSA) is 61.4 Å². The lowest BCUT2D eigenvalue weighted by atomic mass is 10.1. The van der Waals surface area contributed by atoms with Crippen molar-refractivity contribution in [3.05, 3.63) is 35.8 Å². The van der Waals surface area contributed by atoms with Crippen molar-refractivity contribution in [1.82, 2.24) is 15.6 Å². The van der Waals surface area contributed by atoms with Gasteiger partial charge in [-0.05, 0) is 50.5 Å². The zero-order valence-corrected chi connectivity index (χ0v) is 17.2. The van der Waals surface area contributed by atoms with Crippen molar-refractivity contribution in [3.8, 4) is 0 Å². The van der Waals surface area contributed by atoms with Crippen LogP contribution in [0.3, 0.4) is 0 Å². The van der Waals surface area contributed by atoms with Gasteiger partial charge in [-0.2, -0.15) is 0 Å². The first-order valence-electron chi connectivity index (χ1n) is 8.60. The quantitative estimate of drug-likeness (QED) is 0.232. The summed E-state index contributed by atoms with van der Waals surface area (Å²) in [6.07, 6.45) is 3.70. The highest BCUT2D eigenvalue weighted by molar-refractivity contribution is 14.0. The molecule has 0 saturated carbocycles. The smallest absolute Gasteiger partial charge is 0.191 e. The number of aromatic amines is 1. The number of halogens is 2. The van der Waals surface area contributed by atoms with E-state index in [2.05, 4.69) is 20.6 Å². The second kappa shape index (κ2) is 12.1. The van der Waals surface area contributed by atoms with Gasteiger partial charge < -0.3 is 20.4 Å². The first-order chi connectivity index (χ1) is 11.7. The summed E-state index contributed by atoms with van der Waals surface area (Å²) in [6.45, 7) is 7.86. The van der Waals surface area contributed by atoms with Gasteiger partial charge in [0.05, 0.1) is 0 Å². The predicted octanol–water partition coefficient (Wildman–Crippen LogP) is 3.45. The minimum absolute atomic E-state index is 0. The van der Waals surface area contributed by atoms with Crippen LogP contribution in [0.25, 0.3) is 10.9 Å². The van der Waals surface area contributed by atoms with Gasteiger partial charge in [0, 0.05) is 49.9 Å². The average Bonchev–Trinajstić information content (AvgIpc) is 2.96. The number of hydrogen-bond acceptors (Lipinski definition) is 2. The molecular weight excluding hydrogens is 434 g/mol. The number of nitrogens with zero attached hydrogens (tertiary/aromatic N) is 1. The maximum absolute atomic E-state index is 13.2. The maximum Gasteiger partial charge on any atom is 0.191 e. The largest absolute Gasteiger partial charge is 0.382 e. The third-order valence-electron chi connectivity index (χ3n) is 3.68. The van der Waals surface area contributed by atoms with Crippen LogP contribution < -0.4 is 10.6 Å². The lowest BCUT2D eigenvalue weighted by molar-refractivity contribution is 0.146. The molecule has 2 aromatic rings. The molecular formula is C18H28FIN4O. The number of fused-ring (bicyclic) bond motifs is 1. The molecule has 0 atom stereocenters. The molecule has 0 unspecified atom stereocenters. The Morgan fingerprint density at radius 3 is 2.88 bits per heavy atom. The molecule has 0 amide bonds. The zero-order chi connectivity index (χ0) is 17.2. The van der Waals surface area contributed by atoms with Gasteiger partial charge in [-0.15, -0.1) is 24.0 Å². The van der Waals surface area contributed by atoms with E-state index in [0.717, 1.165) is 62.6 Å². The van der Waals surface area contributed by atoms with E-state index in [0.29, 0.717) is 0 Å². The fourth-order valence-corrected chi connectivity index (χ4v) is 2.52. The maximum atomic E-state index is 13.2. The molecule has 1 aromatic carbocycles. The molecule has 25 heavy (non-hydrogen) atoms. The highest BCUT2D eigenvalue weighted by Crippen LogP contribution is 2.19. The fraction of sp³-hybridized carbons (Fsp3) is 0.500. The third-order valence-corrected chi connectivity index (χ3v) is 3.68. The van der Waals surface area contributed by atoms with Crippen LogP contribution in [0.2, 0.25) is 0 Å². The van der Waals surface area contributed by atoms with Crippen LogP contribution in [0.15, 0.2) is 29.4 Å². The molecule has 0 saturated heterocycles. The van der Waals surface area contributed by atoms with Crippen molar-refractivity contribution < 1.29 is 9.13 Å². The Morgan fingerprint density at radius 1 is 1.28 bits per heavy atom. The molecule has 0 aliphatic heterocycles. The summed E-state index contributed by atoms with van der Waals surface area (Å²) < 4.78 is 18.5. The summed E-state index contributed by atoms with van der Waals surface area (Å²) in [6, 6.07) is 4.84. The molecule has 0 aliphatic rings. The van der Waals surface area contributed by atoms with Gasteiger partial charge >= 0.3 is 0 Å². The molecule has 0 aliphatic carbocycles. The number of rotatable bonds is 9. The highest BCUT2D eigenvalue weighted by atomic mass is 127. The standard InChI is InChI=1S/C18H27FN4O.HI/c1-3-20-18(21-9-5-11-24-4-2)22-10-8-14-13-23-17-12-15(19)6-7-16(14)17;/h6-7,12-13,23H,3-5,8-11H2,1-2H3,(H2,20,21,22);1H. The first-order valence-corrected chi connectivity index (χ1v) is 8.60. The van der Waals surface area contributed by atoms with Crippen molar-refractivity contribution in [1.29, 1.82) is 0 Å². The number of hydrogen-bond donors (Lipinski definition) is 3. The van der Waals surface area contributed by atoms with Crippen LogP contribution in [-0.2, 0) is 11.2 Å². The van der Waals surface area contributed by atoms with E-state index >= 15 is 0 Å². The lowest BCUT2D eigenvalue weighted by Gasteiger charge is -2.11. The number of aliphatic imine (C=N–C) groups is 1. The number of nitrogens with one attached hydrogen (secondary N) is 3. The second-order valence-corrected chi connectivity index (χ2v) is 5.49. The van der Waals surface area contributed by atoms with Crippen molar-refractivity contribution in [2.24, 2.45) is 4.99 Å². The highest BCUT2D eigenvalue weighted by Gasteiger charge is 2.05. The molecule has 3 N–H and O–H groups in total. The Labute approximate surface area is 165 Å². The van der Waals surface area contributed by atoms with Crippen LogP contribution in [0.1, 0.15) is 25.8 Å². The molecule has 0 bridgehead atoms. The Morgan fingerprint density at radius 2 is 2.12 bits per heavy atom. The SMILES string of the molecule is CCNC(=NCCCOCC)NCCc1c[nH]c2cc(F)ccc12.I. The zero-order valence-electron chi connectivity index (χ0n) is 14.9. The van der Waals surface area contributed by atoms with E-state index in [1.54, 1.807) is 0 Å². The van der Waals surface area contributed by atoms with Gasteiger partial charge in [0.25, 0.3) is 0 Å². The molecule has 5 nitrogen and oxygen atoms in total. The van der Waals surface area contributed by atoms with Crippen LogP contribution in [0, 0.1) is 5.82 Å². The second-order valence-electron chi connectivity index (χ2n) is 5.49. The van der Waals surface area contributed by atoms with Gasteiger partial charge in [-0.3, -0.25) is 4.99 Å². The van der Waals surface area contributed by atoms with Crippen molar-refractivity contribution in [2.75, 3.05) is 32.8 Å². The molecule has 0 fully saturated rings. The normalized spacial score (nSPS) is 11.4. The molecule has 1 aromatic heterocycles. The van der Waals surface area contributed by atoms with Crippen molar-refractivity contribution >= 4 is 40.8 Å². The number of ether oxygens (including phenoxy) is 1. The van der Waals surface area contributed by atoms with E-state index in [9.17, 15) is 4.39 Å². The summed E-state index contributed by atoms with van der Waals surface area (Å²) >= 11 is 0. The van der Waals surface area contributed by atoms with Gasteiger partial charge in [0.15, 0.2) is 5.96 Å². The molecule has 1 heterocycles. The van der Waals surface area contributed by atoms with Crippen LogP contribution in [0.4, 0.5) is 4.39 Å². The van der Waals surface area contributed by atoms with Gasteiger partial charge in [-0.1, -0.05) is 0 Å². The summed E-state index contributed by atoms with van der Waals surface area (Å²) in [5.74, 6) is 0.600. The monoisotopic (exact) mass is 462 g/mol. The summed E-state index contributed by atoms with van der Waals surface area (Å²) in [5.41, 5.74) is 2.01. The van der Waals surface area contributed by atoms with E-state index in [-0.39, 0.29) is 29.8 Å². The Hall–Kier alpha value is -1.35. The van der Waals surface area contributed by atoms with E-state index in [1.165, 1.54) is 17.7 Å². The van der Waals surface area contributed by atoms with Gasteiger partial charge in [0.1, 0.15) is 5.82 Å². The average molecular weight is 462 g/mol. The van der Waals surface area contributed by atoms with Crippen LogP contribution in [-0.4, -0.2) is 43.8 Å². The number of benzene rings is 1. The number of H-pyrrole nitrogens is 1. The fourth-order valence-electron chi connectivity index (χ4n) is 2.52. The van der Waals surface area contributed by atoms with E-state index in [4.69, 9.17) is 4.74 Å². The van der Waals surface area contributed by atoms with Crippen LogP contribution >= 0.6 is 24.0 Å². The third kappa shape index (κ3) is 7.19. The lowest BCUT2D eigenvalue weighted by Crippen LogP contribution is -2.38. The number of guanidine groups is 1. The summed E-state index contributed by atoms with van der Waals surface area (Å²) in [7, 11) is 0.